The van der Waals surface area contributed by atoms with E-state index in [0.29, 0.717) is 12.5 Å². The fourth-order valence-electron chi connectivity index (χ4n) is 15.7. The summed E-state index contributed by atoms with van der Waals surface area (Å²) >= 11 is 0. The number of aliphatic carboxylic acids is 1. The van der Waals surface area contributed by atoms with Crippen molar-refractivity contribution in [1.29, 1.82) is 0 Å². The number of carboxylic acid groups (broad SMARTS) is 1. The molecule has 6 heteroatoms. The molecular weight excluding hydrogens is 600 g/mol. The average molecular weight is 663 g/mol. The van der Waals surface area contributed by atoms with E-state index >= 15 is 0 Å². The third-order valence-electron chi connectivity index (χ3n) is 18.3. The summed E-state index contributed by atoms with van der Waals surface area (Å²) in [6.45, 7) is 12.7. The van der Waals surface area contributed by atoms with Gasteiger partial charge >= 0.3 is 5.97 Å². The molecule has 48 heavy (non-hydrogen) atoms. The van der Waals surface area contributed by atoms with Crippen LogP contribution in [-0.4, -0.2) is 53.0 Å². The van der Waals surface area contributed by atoms with Gasteiger partial charge in [0.2, 0.25) is 0 Å². The van der Waals surface area contributed by atoms with Gasteiger partial charge in [-0.1, -0.05) is 58.4 Å². The summed E-state index contributed by atoms with van der Waals surface area (Å²) in [5, 5.41) is 34.9. The van der Waals surface area contributed by atoms with E-state index in [0.717, 1.165) is 57.8 Å². The highest BCUT2D eigenvalue weighted by atomic mass is 16.6. The van der Waals surface area contributed by atoms with Crippen molar-refractivity contribution in [2.24, 2.45) is 55.7 Å². The minimum Gasteiger partial charge on any atom is -0.481 e. The summed E-state index contributed by atoms with van der Waals surface area (Å²) in [6, 6.07) is 8.86. The van der Waals surface area contributed by atoms with Gasteiger partial charge in [0.05, 0.1) is 24.2 Å². The molecule has 8 rings (SSSR count). The predicted octanol–water partition coefficient (Wildman–Crippen LogP) is 7.96. The monoisotopic (exact) mass is 662 g/mol. The van der Waals surface area contributed by atoms with Gasteiger partial charge in [0, 0.05) is 24.9 Å². The number of carboxylic acids is 1. The molecule has 13 atom stereocenters. The van der Waals surface area contributed by atoms with E-state index in [1.54, 1.807) is 7.11 Å². The molecule has 4 bridgehead atoms. The number of methoxy groups -OCH3 is 1. The number of aliphatic hydroxyl groups excluding tert-OH is 1. The molecule has 0 unspecified atom stereocenters. The van der Waals surface area contributed by atoms with E-state index in [-0.39, 0.29) is 56.9 Å². The summed E-state index contributed by atoms with van der Waals surface area (Å²) in [7, 11) is 1.74. The van der Waals surface area contributed by atoms with Crippen molar-refractivity contribution in [3.8, 4) is 0 Å². The van der Waals surface area contributed by atoms with Crippen LogP contribution in [0.4, 0.5) is 0 Å². The van der Waals surface area contributed by atoms with Crippen LogP contribution in [0.15, 0.2) is 24.3 Å². The van der Waals surface area contributed by atoms with Crippen molar-refractivity contribution in [3.63, 3.8) is 0 Å². The third-order valence-corrected chi connectivity index (χ3v) is 18.3. The third kappa shape index (κ3) is 3.93. The Morgan fingerprint density at radius 1 is 0.896 bits per heavy atom. The van der Waals surface area contributed by atoms with Crippen LogP contribution in [0.2, 0.25) is 0 Å². The first-order valence-electron chi connectivity index (χ1n) is 19.5. The maximum atomic E-state index is 12.7. The van der Waals surface area contributed by atoms with E-state index in [1.165, 1.54) is 43.2 Å². The maximum absolute atomic E-state index is 12.7. The number of fused-ring (bicyclic) bond motifs is 3. The lowest BCUT2D eigenvalue weighted by Crippen LogP contribution is -2.76. The van der Waals surface area contributed by atoms with Crippen LogP contribution >= 0.6 is 0 Å². The lowest BCUT2D eigenvalue weighted by atomic mass is 9.22. The van der Waals surface area contributed by atoms with Crippen LogP contribution in [0.1, 0.15) is 129 Å². The van der Waals surface area contributed by atoms with E-state index in [2.05, 4.69) is 52.0 Å². The Hall–Kier alpha value is -1.47. The molecule has 6 nitrogen and oxygen atoms in total. The predicted molar refractivity (Wildman–Crippen MR) is 185 cm³/mol. The van der Waals surface area contributed by atoms with Gasteiger partial charge in [-0.3, -0.25) is 4.79 Å². The van der Waals surface area contributed by atoms with E-state index in [9.17, 15) is 20.1 Å². The molecule has 2 spiro atoms. The van der Waals surface area contributed by atoms with Gasteiger partial charge in [0.1, 0.15) is 0 Å². The Labute approximate surface area is 288 Å². The van der Waals surface area contributed by atoms with Crippen molar-refractivity contribution in [1.82, 2.24) is 0 Å². The molecule has 266 valence electrons. The number of benzene rings is 1. The van der Waals surface area contributed by atoms with E-state index in [4.69, 9.17) is 9.47 Å². The molecule has 3 N–H and O–H groups in total. The normalized spacial score (nSPS) is 53.6. The number of hydrogen-bond donors (Lipinski definition) is 3. The first-order chi connectivity index (χ1) is 22.6. The highest BCUT2D eigenvalue weighted by molar-refractivity contribution is 5.74. The molecule has 7 fully saturated rings. The molecule has 0 amide bonds. The number of carbonyl (C=O) groups is 1. The Kier molecular flexibility index (Phi) is 7.39. The minimum atomic E-state index is -1.30. The molecule has 1 aromatic rings. The Morgan fingerprint density at radius 3 is 2.31 bits per heavy atom. The van der Waals surface area contributed by atoms with E-state index in [1.807, 2.05) is 6.92 Å². The molecule has 0 aromatic heterocycles. The van der Waals surface area contributed by atoms with Gasteiger partial charge in [-0.15, -0.1) is 0 Å². The lowest BCUT2D eigenvalue weighted by Gasteiger charge is -2.82. The van der Waals surface area contributed by atoms with Gasteiger partial charge in [-0.05, 0) is 140 Å². The first-order valence-corrected chi connectivity index (χ1v) is 19.5. The van der Waals surface area contributed by atoms with E-state index < -0.39 is 23.3 Å². The number of rotatable bonds is 6. The molecule has 1 saturated heterocycles. The fourth-order valence-corrected chi connectivity index (χ4v) is 15.7. The van der Waals surface area contributed by atoms with Crippen molar-refractivity contribution in [3.05, 3.63) is 35.4 Å². The second kappa shape index (κ2) is 10.5. The zero-order chi connectivity index (χ0) is 34.2. The van der Waals surface area contributed by atoms with Gasteiger partial charge < -0.3 is 24.8 Å². The largest absolute Gasteiger partial charge is 0.481 e. The first kappa shape index (κ1) is 33.7. The molecular formula is C42H62O6. The van der Waals surface area contributed by atoms with Crippen LogP contribution < -0.4 is 0 Å². The van der Waals surface area contributed by atoms with Crippen LogP contribution in [0.25, 0.3) is 0 Å². The highest BCUT2D eigenvalue weighted by Crippen LogP contribution is 2.87. The highest BCUT2D eigenvalue weighted by Gasteiger charge is 2.82. The Morgan fingerprint density at radius 2 is 1.60 bits per heavy atom. The fraction of sp³-hybridized carbons (Fsp3) is 0.833. The molecule has 0 radical (unpaired) electrons. The van der Waals surface area contributed by atoms with Crippen molar-refractivity contribution >= 4 is 5.97 Å². The summed E-state index contributed by atoms with van der Waals surface area (Å²) in [6.07, 6.45) is 14.1. The molecule has 7 aliphatic rings. The summed E-state index contributed by atoms with van der Waals surface area (Å²) in [5.74, 6) is -1.48. The van der Waals surface area contributed by atoms with Crippen molar-refractivity contribution in [2.75, 3.05) is 13.7 Å². The van der Waals surface area contributed by atoms with Gasteiger partial charge in [0.15, 0.2) is 5.79 Å². The topological polar surface area (TPSA) is 96.2 Å². The summed E-state index contributed by atoms with van der Waals surface area (Å²) in [5.41, 5.74) is 1.98. The molecule has 6 saturated carbocycles. The molecule has 6 aliphatic carbocycles. The Bertz CT molecular complexity index is 1460. The second-order valence-corrected chi connectivity index (χ2v) is 19.4. The lowest BCUT2D eigenvalue weighted by molar-refractivity contribution is -0.344. The second-order valence-electron chi connectivity index (χ2n) is 19.4. The Balaban J connectivity index is 1.19. The maximum Gasteiger partial charge on any atom is 0.309 e. The quantitative estimate of drug-likeness (QED) is 0.286. The standard InChI is InChI=1S/C42H62O6/c1-27-41-22-21-40-14-7-13-39(31-26-36(3,34(44)45)16-15-35(31,2)17-19-38(39,40)5)20-18-37(40,4)33(41)30(43)25-42(27,46)48-32(41)24-29-10-8-28(9-11-29)12-23-47-6/h8-11,27,30-33,43,46H,7,12-26H2,1-6H3,(H,44,45)/t27-,30-,31-,32+,33+,35-,36-,37+,38+,39+,40+,41-,42+/m1/s1. The number of hydrogen-bond acceptors (Lipinski definition) is 5. The van der Waals surface area contributed by atoms with Crippen LogP contribution in [0.5, 0.6) is 0 Å². The average Bonchev–Trinajstić information content (AvgIpc) is 3.16. The minimum absolute atomic E-state index is 0.0501. The zero-order valence-corrected chi connectivity index (χ0v) is 30.6. The molecule has 1 aromatic carbocycles. The zero-order valence-electron chi connectivity index (χ0n) is 30.6. The van der Waals surface area contributed by atoms with Crippen LogP contribution in [-0.2, 0) is 27.1 Å². The van der Waals surface area contributed by atoms with Gasteiger partial charge in [-0.2, -0.15) is 0 Å². The van der Waals surface area contributed by atoms with Gasteiger partial charge in [-0.25, -0.2) is 0 Å². The van der Waals surface area contributed by atoms with Crippen LogP contribution in [0, 0.1) is 55.7 Å². The molecule has 1 aliphatic heterocycles. The number of ether oxygens (including phenoxy) is 2. The SMILES string of the molecule is COCCc1ccc(C[C@@H]2O[C@@]3(O)C[C@@H](O)[C@@H]4[C@]2(CC[C@@]25CCC[C@]6(CC[C@@]42C)[C@@H]2C[C@](C)(C(=O)O)CC[C@]2(C)CC[C@@]65C)[C@H]3C)cc1. The van der Waals surface area contributed by atoms with Crippen molar-refractivity contribution in [2.45, 2.75) is 149 Å². The summed E-state index contributed by atoms with van der Waals surface area (Å²) < 4.78 is 12.1. The van der Waals surface area contributed by atoms with Crippen LogP contribution in [0.3, 0.4) is 0 Å². The molecule has 1 heterocycles. The smallest absolute Gasteiger partial charge is 0.309 e. The van der Waals surface area contributed by atoms with Crippen molar-refractivity contribution < 1.29 is 29.6 Å². The number of aliphatic hydroxyl groups is 2. The van der Waals surface area contributed by atoms with Gasteiger partial charge in [0.25, 0.3) is 0 Å². The summed E-state index contributed by atoms with van der Waals surface area (Å²) in [4.78, 5) is 12.7.